The minimum Gasteiger partial charge on any atom is -0.286 e. The quantitative estimate of drug-likeness (QED) is 0.222. The van der Waals surface area contributed by atoms with Crippen molar-refractivity contribution in [3.63, 3.8) is 0 Å². The first-order valence-corrected chi connectivity index (χ1v) is 8.04. The molecule has 234 valence electrons. The zero-order valence-electron chi connectivity index (χ0n) is 16.4. The van der Waals surface area contributed by atoms with Gasteiger partial charge in [-0.25, -0.2) is 4.39 Å². The van der Waals surface area contributed by atoms with Gasteiger partial charge in [0.15, 0.2) is 0 Å². The highest BCUT2D eigenvalue weighted by Gasteiger charge is 2.96. The Labute approximate surface area is 193 Å². The first kappa shape index (κ1) is 36.9. The molecule has 1 unspecified atom stereocenters. The summed E-state index contributed by atoms with van der Waals surface area (Å²) >= 11 is 0. The van der Waals surface area contributed by atoms with Crippen molar-refractivity contribution in [3.8, 4) is 0 Å². The lowest BCUT2D eigenvalue weighted by atomic mass is 9.86. The van der Waals surface area contributed by atoms with E-state index in [1.54, 1.807) is 0 Å². The highest BCUT2D eigenvalue weighted by atomic mass is 19.4. The van der Waals surface area contributed by atoms with E-state index in [-0.39, 0.29) is 0 Å². The lowest BCUT2D eigenvalue weighted by molar-refractivity contribution is -0.464. The van der Waals surface area contributed by atoms with Crippen LogP contribution < -0.4 is 0 Å². The Morgan fingerprint density at radius 3 is 0.897 bits per heavy atom. The van der Waals surface area contributed by atoms with Crippen LogP contribution in [0.4, 0.5) is 110 Å². The van der Waals surface area contributed by atoms with Gasteiger partial charge >= 0.3 is 65.7 Å². The van der Waals surface area contributed by atoms with Crippen molar-refractivity contribution in [1.82, 2.24) is 0 Å². The summed E-state index contributed by atoms with van der Waals surface area (Å²) in [5.74, 6) is -84.9. The standard InChI is InChI=1S/C13HF25O/c14-1(3(15,16)2(39)5(19,20)12(33,34)35)4(17,18)6(21,22)7(23,24)8(25,26)9(27,28)10(29,30)11(31,32)13(36,37)38/h1H. The molecular formula is C13HF25O. The van der Waals surface area contributed by atoms with E-state index in [9.17, 15) is 115 Å². The third-order valence-electron chi connectivity index (χ3n) is 4.33. The highest BCUT2D eigenvalue weighted by Crippen LogP contribution is 2.65. The molecule has 0 saturated heterocycles. The number of alkyl halides is 25. The van der Waals surface area contributed by atoms with Crippen molar-refractivity contribution in [2.45, 2.75) is 71.8 Å². The molecule has 0 radical (unpaired) electrons. The topological polar surface area (TPSA) is 17.1 Å². The van der Waals surface area contributed by atoms with Crippen molar-refractivity contribution >= 4 is 5.78 Å². The summed E-state index contributed by atoms with van der Waals surface area (Å²) in [4.78, 5) is 10.5. The Balaban J connectivity index is 7.05. The third kappa shape index (κ3) is 4.69. The smallest absolute Gasteiger partial charge is 0.286 e. The third-order valence-corrected chi connectivity index (χ3v) is 4.33. The summed E-state index contributed by atoms with van der Waals surface area (Å²) in [5, 5.41) is 0. The molecule has 0 aromatic heterocycles. The molecule has 0 fully saturated rings. The molecule has 1 atom stereocenters. The molecule has 39 heavy (non-hydrogen) atoms. The van der Waals surface area contributed by atoms with E-state index in [0.29, 0.717) is 0 Å². The van der Waals surface area contributed by atoms with Crippen molar-refractivity contribution in [2.75, 3.05) is 0 Å². The van der Waals surface area contributed by atoms with E-state index in [2.05, 4.69) is 0 Å². The lowest BCUT2D eigenvalue weighted by Crippen LogP contribution is -2.76. The molecule has 0 amide bonds. The molecule has 0 rings (SSSR count). The van der Waals surface area contributed by atoms with E-state index in [1.165, 1.54) is 0 Å². The monoisotopic (exact) mass is 648 g/mol. The zero-order valence-corrected chi connectivity index (χ0v) is 16.4. The predicted molar refractivity (Wildman–Crippen MR) is 66.5 cm³/mol. The summed E-state index contributed by atoms with van der Waals surface area (Å²) in [6, 6.07) is 0. The van der Waals surface area contributed by atoms with Gasteiger partial charge in [-0.2, -0.15) is 105 Å². The Hall–Kier alpha value is -2.08. The first-order chi connectivity index (χ1) is 16.3. The minimum absolute atomic E-state index is 5.53. The fourth-order valence-corrected chi connectivity index (χ4v) is 2.02. The van der Waals surface area contributed by atoms with Crippen LogP contribution in [0.1, 0.15) is 0 Å². The second-order valence-electron chi connectivity index (χ2n) is 6.95. The molecule has 0 aliphatic rings. The summed E-state index contributed by atoms with van der Waals surface area (Å²) < 4.78 is 321. The molecule has 0 saturated carbocycles. The average Bonchev–Trinajstić information content (AvgIpc) is 2.69. The van der Waals surface area contributed by atoms with Gasteiger partial charge in [-0.3, -0.25) is 4.79 Å². The number of hydrogen-bond donors (Lipinski definition) is 0. The van der Waals surface area contributed by atoms with Crippen molar-refractivity contribution in [2.24, 2.45) is 0 Å². The molecule has 26 heteroatoms. The molecule has 1 nitrogen and oxygen atoms in total. The van der Waals surface area contributed by atoms with E-state index in [0.717, 1.165) is 0 Å². The maximum Gasteiger partial charge on any atom is 0.461 e. The average molecular weight is 648 g/mol. The fraction of sp³-hybridized carbons (Fsp3) is 0.923. The van der Waals surface area contributed by atoms with Crippen LogP contribution in [0.25, 0.3) is 0 Å². The van der Waals surface area contributed by atoms with E-state index in [4.69, 9.17) is 0 Å². The lowest BCUT2D eigenvalue weighted by Gasteiger charge is -2.43. The van der Waals surface area contributed by atoms with Gasteiger partial charge < -0.3 is 0 Å². The Morgan fingerprint density at radius 1 is 0.385 bits per heavy atom. The number of hydrogen-bond acceptors (Lipinski definition) is 1. The molecule has 0 aromatic rings. The molecule has 0 bridgehead atoms. The molecule has 0 N–H and O–H groups in total. The van der Waals surface area contributed by atoms with Crippen LogP contribution in [-0.4, -0.2) is 77.6 Å². The van der Waals surface area contributed by atoms with Crippen LogP contribution in [-0.2, 0) is 4.79 Å². The van der Waals surface area contributed by atoms with E-state index < -0.39 is 77.6 Å². The number of rotatable bonds is 10. The van der Waals surface area contributed by atoms with Gasteiger partial charge in [0.2, 0.25) is 6.17 Å². The van der Waals surface area contributed by atoms with Crippen molar-refractivity contribution in [1.29, 1.82) is 0 Å². The van der Waals surface area contributed by atoms with Crippen molar-refractivity contribution in [3.05, 3.63) is 0 Å². The van der Waals surface area contributed by atoms with Crippen LogP contribution >= 0.6 is 0 Å². The molecule has 0 heterocycles. The van der Waals surface area contributed by atoms with Gasteiger partial charge in [-0.05, 0) is 0 Å². The van der Waals surface area contributed by atoms with Gasteiger partial charge in [-0.15, -0.1) is 0 Å². The fourth-order valence-electron chi connectivity index (χ4n) is 2.02. The first-order valence-electron chi connectivity index (χ1n) is 8.04. The van der Waals surface area contributed by atoms with Gasteiger partial charge in [-0.1, -0.05) is 0 Å². The summed E-state index contributed by atoms with van der Waals surface area (Å²) in [7, 11) is 0. The van der Waals surface area contributed by atoms with Gasteiger partial charge in [0.05, 0.1) is 0 Å². The number of ketones is 1. The zero-order chi connectivity index (χ0) is 32.7. The molecule has 0 spiro atoms. The normalized spacial score (nSPS) is 17.4. The Bertz CT molecular complexity index is 917. The number of carbonyl (C=O) groups excluding carboxylic acids is 1. The summed E-state index contributed by atoms with van der Waals surface area (Å²) in [5.41, 5.74) is 0. The molecule has 0 aliphatic carbocycles. The maximum absolute atomic E-state index is 13.4. The largest absolute Gasteiger partial charge is 0.461 e. The van der Waals surface area contributed by atoms with Crippen LogP contribution in [0.15, 0.2) is 0 Å². The summed E-state index contributed by atoms with van der Waals surface area (Å²) in [6.45, 7) is 0. The SMILES string of the molecule is O=C(C(F)(F)C(F)C(F)(F)C(F)(F)C(F)(F)C(F)(F)C(F)(F)C(F)(F)C(F)(F)C(F)(F)F)C(F)(F)C(F)(F)F. The van der Waals surface area contributed by atoms with Crippen LogP contribution in [0.3, 0.4) is 0 Å². The van der Waals surface area contributed by atoms with Gasteiger partial charge in [0, 0.05) is 0 Å². The van der Waals surface area contributed by atoms with Crippen LogP contribution in [0.2, 0.25) is 0 Å². The maximum atomic E-state index is 13.4. The summed E-state index contributed by atoms with van der Waals surface area (Å²) in [6.07, 6.45) is -23.0. The Kier molecular flexibility index (Phi) is 8.48. The van der Waals surface area contributed by atoms with Crippen LogP contribution in [0, 0.1) is 0 Å². The highest BCUT2D eigenvalue weighted by molar-refractivity contribution is 5.93. The van der Waals surface area contributed by atoms with Crippen LogP contribution in [0.5, 0.6) is 0 Å². The molecular weight excluding hydrogens is 647 g/mol. The van der Waals surface area contributed by atoms with Gasteiger partial charge in [0.25, 0.3) is 5.78 Å². The number of carbonyl (C=O) groups is 1. The Morgan fingerprint density at radius 2 is 0.641 bits per heavy atom. The second kappa shape index (κ2) is 8.96. The number of Topliss-reactive ketones (excluding diaryl/α,β-unsaturated/α-hetero) is 1. The van der Waals surface area contributed by atoms with E-state index in [1.807, 2.05) is 0 Å². The number of halogens is 25. The van der Waals surface area contributed by atoms with E-state index >= 15 is 0 Å². The predicted octanol–water partition coefficient (Wildman–Crippen LogP) is 7.74. The molecule has 0 aromatic carbocycles. The second-order valence-corrected chi connectivity index (χ2v) is 6.95. The van der Waals surface area contributed by atoms with Crippen molar-refractivity contribution < 1.29 is 115 Å². The van der Waals surface area contributed by atoms with Gasteiger partial charge in [0.1, 0.15) is 0 Å². The molecule has 0 aliphatic heterocycles. The minimum atomic E-state index is -9.39.